The Morgan fingerprint density at radius 3 is 2.16 bits per heavy atom. The molecule has 1 N–H and O–H groups in total. The fraction of sp³-hybridized carbons (Fsp3) is 0.400. The molecule has 0 atom stereocenters. The summed E-state index contributed by atoms with van der Waals surface area (Å²) in [6, 6.07) is 14.9. The number of rotatable bonds is 4. The summed E-state index contributed by atoms with van der Waals surface area (Å²) < 4.78 is 2.89. The molecule has 6 heteroatoms. The van der Waals surface area contributed by atoms with Crippen LogP contribution in [0.4, 0.5) is 0 Å². The van der Waals surface area contributed by atoms with Gasteiger partial charge in [0.15, 0.2) is 0 Å². The molecule has 0 saturated heterocycles. The number of fused-ring (bicyclic) bond motifs is 1. The van der Waals surface area contributed by atoms with Crippen molar-refractivity contribution in [2.75, 3.05) is 0 Å². The highest BCUT2D eigenvalue weighted by molar-refractivity contribution is 5.94. The van der Waals surface area contributed by atoms with Crippen molar-refractivity contribution in [1.29, 1.82) is 0 Å². The third kappa shape index (κ3) is 4.63. The molecule has 2 aromatic carbocycles. The average molecular weight is 420 g/mol. The minimum Gasteiger partial charge on any atom is -0.349 e. The maximum atomic E-state index is 12.7. The van der Waals surface area contributed by atoms with Gasteiger partial charge in [-0.05, 0) is 42.7 Å². The van der Waals surface area contributed by atoms with Gasteiger partial charge >= 0.3 is 11.1 Å². The lowest BCUT2D eigenvalue weighted by Crippen LogP contribution is -2.40. The van der Waals surface area contributed by atoms with Crippen LogP contribution in [-0.2, 0) is 13.6 Å². The van der Waals surface area contributed by atoms with Gasteiger partial charge in [0, 0.05) is 18.7 Å². The van der Waals surface area contributed by atoms with E-state index in [4.69, 9.17) is 0 Å². The molecule has 0 bridgehead atoms. The molecule has 0 unspecified atom stereocenters. The standard InChI is InChI=1S/C25H29N3O3/c1-27-21-11-7-8-12-22(21)28(25(31)24(27)30)17-18-13-15-19(16-14-18)23(29)26-20-9-5-3-2-4-6-10-20/h7-8,11-16,20H,2-6,9-10,17H2,1H3,(H,26,29). The number of nitrogens with zero attached hydrogens (tertiary/aromatic N) is 2. The predicted molar refractivity (Wildman–Crippen MR) is 123 cm³/mol. The second-order valence-corrected chi connectivity index (χ2v) is 8.46. The summed E-state index contributed by atoms with van der Waals surface area (Å²) in [5, 5.41) is 3.18. The zero-order chi connectivity index (χ0) is 21.8. The second-order valence-electron chi connectivity index (χ2n) is 8.46. The number of aryl methyl sites for hydroxylation is 1. The summed E-state index contributed by atoms with van der Waals surface area (Å²) >= 11 is 0. The minimum absolute atomic E-state index is 0.0479. The largest absolute Gasteiger partial charge is 0.349 e. The van der Waals surface area contributed by atoms with Crippen molar-refractivity contribution in [3.05, 3.63) is 80.4 Å². The normalized spacial score (nSPS) is 15.4. The maximum absolute atomic E-state index is 12.7. The number of carbonyl (C=O) groups is 1. The zero-order valence-corrected chi connectivity index (χ0v) is 18.0. The van der Waals surface area contributed by atoms with Crippen molar-refractivity contribution in [2.45, 2.75) is 57.5 Å². The fourth-order valence-corrected chi connectivity index (χ4v) is 4.42. The molecule has 1 fully saturated rings. The smallest absolute Gasteiger partial charge is 0.317 e. The molecule has 3 aromatic rings. The SMILES string of the molecule is Cn1c(=O)c(=O)n(Cc2ccc(C(=O)NC3CCCCCCC3)cc2)c2ccccc21. The van der Waals surface area contributed by atoms with Crippen LogP contribution >= 0.6 is 0 Å². The Balaban J connectivity index is 1.52. The molecule has 1 aliphatic carbocycles. The molecule has 1 saturated carbocycles. The monoisotopic (exact) mass is 419 g/mol. The highest BCUT2D eigenvalue weighted by Crippen LogP contribution is 2.18. The summed E-state index contributed by atoms with van der Waals surface area (Å²) in [5.41, 5.74) is 1.80. The van der Waals surface area contributed by atoms with Gasteiger partial charge in [-0.1, -0.05) is 56.4 Å². The van der Waals surface area contributed by atoms with E-state index in [0.717, 1.165) is 18.4 Å². The summed E-state index contributed by atoms with van der Waals surface area (Å²) in [6.45, 7) is 0.278. The summed E-state index contributed by atoms with van der Waals surface area (Å²) in [6.07, 6.45) is 8.22. The Bertz CT molecular complexity index is 1180. The minimum atomic E-state index is -0.549. The Hall–Kier alpha value is -3.15. The Morgan fingerprint density at radius 2 is 1.48 bits per heavy atom. The van der Waals surface area contributed by atoms with Gasteiger partial charge in [0.25, 0.3) is 5.91 Å². The first-order valence-electron chi connectivity index (χ1n) is 11.1. The predicted octanol–water partition coefficient (Wildman–Crippen LogP) is 3.59. The molecule has 0 aliphatic heterocycles. The molecule has 4 rings (SSSR count). The van der Waals surface area contributed by atoms with Gasteiger partial charge in [-0.15, -0.1) is 0 Å². The van der Waals surface area contributed by atoms with E-state index in [2.05, 4.69) is 5.32 Å². The number of benzene rings is 2. The number of hydrogen-bond acceptors (Lipinski definition) is 3. The molecule has 1 heterocycles. The van der Waals surface area contributed by atoms with Crippen molar-refractivity contribution in [3.63, 3.8) is 0 Å². The van der Waals surface area contributed by atoms with Crippen LogP contribution in [0.5, 0.6) is 0 Å². The van der Waals surface area contributed by atoms with Gasteiger partial charge in [0.1, 0.15) is 0 Å². The number of nitrogens with one attached hydrogen (secondary N) is 1. The molecular formula is C25H29N3O3. The number of aromatic nitrogens is 2. The molecule has 6 nitrogen and oxygen atoms in total. The topological polar surface area (TPSA) is 73.1 Å². The van der Waals surface area contributed by atoms with Gasteiger partial charge < -0.3 is 9.88 Å². The van der Waals surface area contributed by atoms with E-state index < -0.39 is 11.1 Å². The Kier molecular flexibility index (Phi) is 6.35. The molecule has 0 spiro atoms. The van der Waals surface area contributed by atoms with Crippen LogP contribution in [0.15, 0.2) is 58.1 Å². The molecule has 31 heavy (non-hydrogen) atoms. The highest BCUT2D eigenvalue weighted by atomic mass is 16.2. The van der Waals surface area contributed by atoms with Crippen LogP contribution in [0, 0.1) is 0 Å². The van der Waals surface area contributed by atoms with Crippen molar-refractivity contribution < 1.29 is 4.79 Å². The van der Waals surface area contributed by atoms with E-state index in [1.54, 1.807) is 19.2 Å². The van der Waals surface area contributed by atoms with Gasteiger partial charge in [0.05, 0.1) is 17.6 Å². The molecule has 162 valence electrons. The maximum Gasteiger partial charge on any atom is 0.317 e. The summed E-state index contributed by atoms with van der Waals surface area (Å²) in [7, 11) is 1.61. The van der Waals surface area contributed by atoms with E-state index in [1.807, 2.05) is 36.4 Å². The molecule has 0 radical (unpaired) electrons. The van der Waals surface area contributed by atoms with Gasteiger partial charge in [-0.3, -0.25) is 19.0 Å². The molecule has 1 aliphatic rings. The van der Waals surface area contributed by atoms with Crippen LogP contribution in [0.2, 0.25) is 0 Å². The second kappa shape index (κ2) is 9.33. The molecular weight excluding hydrogens is 390 g/mol. The quantitative estimate of drug-likeness (QED) is 0.657. The third-order valence-corrected chi connectivity index (χ3v) is 6.26. The van der Waals surface area contributed by atoms with Gasteiger partial charge in [-0.25, -0.2) is 0 Å². The van der Waals surface area contributed by atoms with Crippen molar-refractivity contribution in [3.8, 4) is 0 Å². The first-order valence-corrected chi connectivity index (χ1v) is 11.1. The lowest BCUT2D eigenvalue weighted by Gasteiger charge is -2.21. The summed E-state index contributed by atoms with van der Waals surface area (Å²) in [5.74, 6) is -0.0479. The molecule has 1 amide bonds. The van der Waals surface area contributed by atoms with Crippen molar-refractivity contribution in [1.82, 2.24) is 14.5 Å². The fourth-order valence-electron chi connectivity index (χ4n) is 4.42. The highest BCUT2D eigenvalue weighted by Gasteiger charge is 2.16. The van der Waals surface area contributed by atoms with E-state index in [0.29, 0.717) is 16.6 Å². The van der Waals surface area contributed by atoms with E-state index in [-0.39, 0.29) is 18.5 Å². The lowest BCUT2D eigenvalue weighted by atomic mass is 9.96. The molecule has 1 aromatic heterocycles. The summed E-state index contributed by atoms with van der Waals surface area (Å²) in [4.78, 5) is 37.7. The first-order chi connectivity index (χ1) is 15.0. The Morgan fingerprint density at radius 1 is 0.871 bits per heavy atom. The average Bonchev–Trinajstić information content (AvgIpc) is 2.77. The number of carbonyl (C=O) groups excluding carboxylic acids is 1. The van der Waals surface area contributed by atoms with Crippen LogP contribution in [0.25, 0.3) is 11.0 Å². The van der Waals surface area contributed by atoms with Gasteiger partial charge in [0.2, 0.25) is 0 Å². The van der Waals surface area contributed by atoms with Crippen LogP contribution in [0.1, 0.15) is 60.9 Å². The lowest BCUT2D eigenvalue weighted by molar-refractivity contribution is 0.0930. The third-order valence-electron chi connectivity index (χ3n) is 6.26. The number of para-hydroxylation sites is 2. The Labute approximate surface area is 181 Å². The van der Waals surface area contributed by atoms with E-state index in [1.165, 1.54) is 41.2 Å². The van der Waals surface area contributed by atoms with Crippen LogP contribution in [0.3, 0.4) is 0 Å². The number of amides is 1. The first kappa shape index (κ1) is 21.1. The van der Waals surface area contributed by atoms with Crippen LogP contribution in [-0.4, -0.2) is 21.1 Å². The number of hydrogen-bond donors (Lipinski definition) is 1. The zero-order valence-electron chi connectivity index (χ0n) is 18.0. The van der Waals surface area contributed by atoms with Gasteiger partial charge in [-0.2, -0.15) is 0 Å². The van der Waals surface area contributed by atoms with E-state index in [9.17, 15) is 14.4 Å². The van der Waals surface area contributed by atoms with Crippen LogP contribution < -0.4 is 16.4 Å². The van der Waals surface area contributed by atoms with Crippen molar-refractivity contribution >= 4 is 16.9 Å². The van der Waals surface area contributed by atoms with Crippen molar-refractivity contribution in [2.24, 2.45) is 7.05 Å². The van der Waals surface area contributed by atoms with E-state index >= 15 is 0 Å².